The van der Waals surface area contributed by atoms with Gasteiger partial charge >= 0.3 is 12.1 Å². The Hall–Kier alpha value is -0.200. The van der Waals surface area contributed by atoms with Gasteiger partial charge < -0.3 is 10.2 Å². The number of rotatable bonds is 3. The lowest BCUT2D eigenvalue weighted by Gasteiger charge is -2.28. The third kappa shape index (κ3) is 2.22. The molecule has 1 saturated carbocycles. The van der Waals surface area contributed by atoms with Crippen LogP contribution in [0.5, 0.6) is 0 Å². The molecule has 0 bridgehead atoms. The molecule has 8 heteroatoms. The van der Waals surface area contributed by atoms with Crippen molar-refractivity contribution in [3.8, 4) is 0 Å². The van der Waals surface area contributed by atoms with Crippen molar-refractivity contribution in [3.63, 3.8) is 0 Å². The van der Waals surface area contributed by atoms with E-state index in [-0.39, 0.29) is 0 Å². The molecule has 0 heterocycles. The van der Waals surface area contributed by atoms with Crippen LogP contribution in [0, 0.1) is 17.3 Å². The highest BCUT2D eigenvalue weighted by atomic mass is 35.5. The average Bonchev–Trinajstić information content (AvgIpc) is 2.65. The molecule has 0 amide bonds. The topological polar surface area (TPSA) is 57.5 Å². The van der Waals surface area contributed by atoms with Crippen LogP contribution in [0.15, 0.2) is 0 Å². The third-order valence-electron chi connectivity index (χ3n) is 3.27. The van der Waals surface area contributed by atoms with Crippen LogP contribution in [0.1, 0.15) is 13.8 Å². The van der Waals surface area contributed by atoms with Gasteiger partial charge in [-0.05, 0) is 5.41 Å². The molecule has 0 aromatic rings. The highest BCUT2D eigenvalue weighted by Crippen LogP contribution is 2.63. The van der Waals surface area contributed by atoms with E-state index in [1.54, 1.807) is 0 Å². The molecule has 1 unspecified atom stereocenters. The third-order valence-corrected chi connectivity index (χ3v) is 4.14. The van der Waals surface area contributed by atoms with Crippen molar-refractivity contribution in [2.24, 2.45) is 17.3 Å². The fourth-order valence-corrected chi connectivity index (χ4v) is 2.40. The number of aliphatic carboxylic acids is 1. The van der Waals surface area contributed by atoms with E-state index < -0.39 is 39.8 Å². The summed E-state index contributed by atoms with van der Waals surface area (Å²) in [5, 5.41) is 18.4. The molecule has 17 heavy (non-hydrogen) atoms. The van der Waals surface area contributed by atoms with Gasteiger partial charge in [0.1, 0.15) is 6.10 Å². The number of alkyl halides is 5. The Morgan fingerprint density at radius 1 is 1.35 bits per heavy atom. The van der Waals surface area contributed by atoms with Gasteiger partial charge in [0.25, 0.3) is 0 Å². The zero-order chi connectivity index (χ0) is 13.8. The predicted molar refractivity (Wildman–Crippen MR) is 54.9 cm³/mol. The quantitative estimate of drug-likeness (QED) is 0.786. The van der Waals surface area contributed by atoms with Crippen molar-refractivity contribution in [1.82, 2.24) is 0 Å². The molecule has 3 atom stereocenters. The van der Waals surface area contributed by atoms with Gasteiger partial charge in [0.05, 0.1) is 5.92 Å². The molecule has 2 N–H and O–H groups in total. The zero-order valence-corrected chi connectivity index (χ0v) is 10.4. The lowest BCUT2D eigenvalue weighted by Crippen LogP contribution is -2.47. The number of aliphatic hydroxyl groups is 1. The first-order chi connectivity index (χ1) is 7.35. The first kappa shape index (κ1) is 14.9. The summed E-state index contributed by atoms with van der Waals surface area (Å²) in [4.78, 5) is 10.8. The van der Waals surface area contributed by atoms with Gasteiger partial charge in [-0.3, -0.25) is 4.79 Å². The second-order valence-electron chi connectivity index (χ2n) is 4.73. The number of aliphatic hydroxyl groups excluding tert-OH is 1. The molecule has 0 aromatic heterocycles. The van der Waals surface area contributed by atoms with Crippen LogP contribution in [0.4, 0.5) is 13.2 Å². The van der Waals surface area contributed by atoms with Gasteiger partial charge in [-0.25, -0.2) is 0 Å². The number of carboxylic acids is 1. The Kier molecular flexibility index (Phi) is 3.41. The van der Waals surface area contributed by atoms with Crippen molar-refractivity contribution in [2.75, 3.05) is 0 Å². The number of carbonyl (C=O) groups is 1. The molecule has 3 nitrogen and oxygen atoms in total. The fraction of sp³-hybridized carbons (Fsp3) is 0.889. The Balaban J connectivity index is 2.94. The molecule has 0 saturated heterocycles. The summed E-state index contributed by atoms with van der Waals surface area (Å²) in [6, 6.07) is 0. The van der Waals surface area contributed by atoms with Gasteiger partial charge in [0.2, 0.25) is 4.33 Å². The van der Waals surface area contributed by atoms with Crippen molar-refractivity contribution in [1.29, 1.82) is 0 Å². The highest BCUT2D eigenvalue weighted by Gasteiger charge is 2.72. The van der Waals surface area contributed by atoms with Crippen LogP contribution in [0.25, 0.3) is 0 Å². The summed E-state index contributed by atoms with van der Waals surface area (Å²) in [5.74, 6) is -3.49. The second kappa shape index (κ2) is 3.90. The first-order valence-corrected chi connectivity index (χ1v) is 5.46. The molecule has 0 radical (unpaired) electrons. The number of carboxylic acid groups (broad SMARTS) is 1. The maximum atomic E-state index is 12.5. The predicted octanol–water partition coefficient (Wildman–Crippen LogP) is 2.44. The van der Waals surface area contributed by atoms with Crippen LogP contribution in [-0.2, 0) is 4.79 Å². The number of hydrogen-bond donors (Lipinski definition) is 2. The summed E-state index contributed by atoms with van der Waals surface area (Å²) < 4.78 is 34.1. The average molecular weight is 295 g/mol. The molecule has 1 rings (SSSR count). The van der Waals surface area contributed by atoms with Gasteiger partial charge in [0, 0.05) is 5.92 Å². The second-order valence-corrected chi connectivity index (χ2v) is 6.11. The van der Waals surface area contributed by atoms with Crippen molar-refractivity contribution in [3.05, 3.63) is 0 Å². The molecule has 0 spiro atoms. The van der Waals surface area contributed by atoms with E-state index in [1.807, 2.05) is 0 Å². The Morgan fingerprint density at radius 3 is 2.00 bits per heavy atom. The van der Waals surface area contributed by atoms with Crippen LogP contribution in [-0.4, -0.2) is 32.8 Å². The fourth-order valence-electron chi connectivity index (χ4n) is 2.13. The summed E-state index contributed by atoms with van der Waals surface area (Å²) in [6.07, 6.45) is -7.21. The van der Waals surface area contributed by atoms with E-state index in [2.05, 4.69) is 0 Å². The minimum Gasteiger partial charge on any atom is -0.481 e. The molecule has 1 aliphatic rings. The van der Waals surface area contributed by atoms with Crippen molar-refractivity contribution in [2.45, 2.75) is 30.5 Å². The molecule has 1 aliphatic carbocycles. The maximum Gasteiger partial charge on any atom is 0.424 e. The molecule has 0 aliphatic heterocycles. The van der Waals surface area contributed by atoms with E-state index in [4.69, 9.17) is 28.3 Å². The Morgan fingerprint density at radius 2 is 1.76 bits per heavy atom. The molecule has 0 aromatic carbocycles. The standard InChI is InChI=1S/C9H11Cl2F3O3/c1-7(2)3(4(7)6(16)17)5(15)8(10,11)9(12,13)14/h3-5,15H,1-2H3,(H,16,17)/t3-,4-,5?/m0/s1. The SMILES string of the molecule is CC1(C)[C@H](C(=O)O)[C@H]1C(O)C(Cl)(Cl)C(F)(F)F. The van der Waals surface area contributed by atoms with Crippen LogP contribution < -0.4 is 0 Å². The minimum absolute atomic E-state index is 0.967. The van der Waals surface area contributed by atoms with Gasteiger partial charge in [0.15, 0.2) is 0 Å². The van der Waals surface area contributed by atoms with Gasteiger partial charge in [-0.15, -0.1) is 0 Å². The minimum atomic E-state index is -5.03. The van der Waals surface area contributed by atoms with E-state index in [0.717, 1.165) is 0 Å². The number of halogens is 5. The lowest BCUT2D eigenvalue weighted by atomic mass is 10.0. The van der Waals surface area contributed by atoms with Crippen LogP contribution >= 0.6 is 23.2 Å². The number of hydrogen-bond acceptors (Lipinski definition) is 2. The van der Waals surface area contributed by atoms with Gasteiger partial charge in [-0.2, -0.15) is 13.2 Å². The summed E-state index contributed by atoms with van der Waals surface area (Å²) >= 11 is 10.2. The first-order valence-electron chi connectivity index (χ1n) is 4.70. The van der Waals surface area contributed by atoms with Gasteiger partial charge in [-0.1, -0.05) is 37.0 Å². The molecular weight excluding hydrogens is 284 g/mol. The largest absolute Gasteiger partial charge is 0.481 e. The van der Waals surface area contributed by atoms with Crippen molar-refractivity contribution < 1.29 is 28.2 Å². The van der Waals surface area contributed by atoms with Crippen LogP contribution in [0.3, 0.4) is 0 Å². The smallest absolute Gasteiger partial charge is 0.424 e. The molecular formula is C9H11Cl2F3O3. The molecule has 1 fully saturated rings. The summed E-state index contributed by atoms with van der Waals surface area (Å²) in [6.45, 7) is 2.89. The lowest BCUT2D eigenvalue weighted by molar-refractivity contribution is -0.166. The normalized spacial score (nSPS) is 29.9. The Bertz CT molecular complexity index is 341. The summed E-state index contributed by atoms with van der Waals surface area (Å²) in [7, 11) is 0. The Labute approximate surface area is 106 Å². The van der Waals surface area contributed by atoms with Crippen molar-refractivity contribution >= 4 is 29.2 Å². The monoisotopic (exact) mass is 294 g/mol. The summed E-state index contributed by atoms with van der Waals surface area (Å²) in [5.41, 5.74) is -0.967. The van der Waals surface area contributed by atoms with E-state index in [9.17, 15) is 23.1 Å². The molecule has 100 valence electrons. The van der Waals surface area contributed by atoms with E-state index in [1.165, 1.54) is 13.8 Å². The van der Waals surface area contributed by atoms with Crippen LogP contribution in [0.2, 0.25) is 0 Å². The highest BCUT2D eigenvalue weighted by molar-refractivity contribution is 6.49. The zero-order valence-electron chi connectivity index (χ0n) is 8.92. The van der Waals surface area contributed by atoms with E-state index >= 15 is 0 Å². The maximum absolute atomic E-state index is 12.5. The van der Waals surface area contributed by atoms with E-state index in [0.29, 0.717) is 0 Å².